The molecule has 0 aliphatic heterocycles. The highest BCUT2D eigenvalue weighted by Crippen LogP contribution is 2.38. The van der Waals surface area contributed by atoms with E-state index < -0.39 is 0 Å². The topological polar surface area (TPSA) is 72.9 Å². The molecule has 0 unspecified atom stereocenters. The lowest BCUT2D eigenvalue weighted by molar-refractivity contribution is -0.123. The van der Waals surface area contributed by atoms with E-state index >= 15 is 0 Å². The number of aryl methyl sites for hydroxylation is 1. The summed E-state index contributed by atoms with van der Waals surface area (Å²) in [5.41, 5.74) is 7.48. The summed E-state index contributed by atoms with van der Waals surface area (Å²) in [4.78, 5) is 16.8. The maximum absolute atomic E-state index is 13.3. The van der Waals surface area contributed by atoms with E-state index in [1.165, 1.54) is 31.4 Å². The molecule has 0 spiro atoms. The Kier molecular flexibility index (Phi) is 8.99. The van der Waals surface area contributed by atoms with Crippen molar-refractivity contribution >= 4 is 41.8 Å². The quantitative estimate of drug-likeness (QED) is 0.753. The number of imidazole rings is 1. The number of rotatable bonds is 6. The van der Waals surface area contributed by atoms with Gasteiger partial charge in [-0.3, -0.25) is 4.79 Å². The lowest BCUT2D eigenvalue weighted by Crippen LogP contribution is -2.39. The summed E-state index contributed by atoms with van der Waals surface area (Å²) in [5.74, 6) is 0.620. The second-order valence-corrected chi connectivity index (χ2v) is 7.26. The Morgan fingerprint density at radius 3 is 2.67 bits per heavy atom. The van der Waals surface area contributed by atoms with Crippen molar-refractivity contribution in [3.8, 4) is 0 Å². The maximum Gasteiger partial charge on any atom is 0.220 e. The highest BCUT2D eigenvalue weighted by molar-refractivity contribution is 5.85. The Hall–Kier alpha value is -1.37. The van der Waals surface area contributed by atoms with Crippen molar-refractivity contribution in [2.75, 3.05) is 13.1 Å². The maximum atomic E-state index is 13.3. The summed E-state index contributed by atoms with van der Waals surface area (Å²) in [7, 11) is 1.91. The molecule has 1 aromatic heterocycles. The van der Waals surface area contributed by atoms with E-state index in [1.54, 1.807) is 6.07 Å². The minimum atomic E-state index is -0.287. The molecular weight excluding hydrogens is 390 g/mol. The number of fused-ring (bicyclic) bond motifs is 1. The van der Waals surface area contributed by atoms with Crippen LogP contribution in [-0.4, -0.2) is 28.5 Å². The van der Waals surface area contributed by atoms with Crippen LogP contribution in [0.1, 0.15) is 44.3 Å². The van der Waals surface area contributed by atoms with Gasteiger partial charge in [-0.05, 0) is 36.9 Å². The number of hydrogen-bond donors (Lipinski definition) is 2. The van der Waals surface area contributed by atoms with Gasteiger partial charge in [-0.15, -0.1) is 24.8 Å². The van der Waals surface area contributed by atoms with Crippen molar-refractivity contribution in [1.82, 2.24) is 14.9 Å². The monoisotopic (exact) mass is 418 g/mol. The Morgan fingerprint density at radius 1 is 1.30 bits per heavy atom. The molecule has 2 aromatic rings. The molecule has 3 rings (SSSR count). The van der Waals surface area contributed by atoms with Crippen LogP contribution in [0, 0.1) is 11.2 Å². The van der Waals surface area contributed by atoms with E-state index in [0.29, 0.717) is 31.4 Å². The highest BCUT2D eigenvalue weighted by Gasteiger charge is 2.32. The van der Waals surface area contributed by atoms with Gasteiger partial charge in [0, 0.05) is 32.5 Å². The molecule has 1 saturated carbocycles. The number of amides is 1. The molecule has 3 N–H and O–H groups in total. The molecular formula is C19H29Cl2FN4O. The molecule has 0 atom stereocenters. The first-order chi connectivity index (χ1) is 12.0. The zero-order chi connectivity index (χ0) is 17.9. The van der Waals surface area contributed by atoms with Gasteiger partial charge in [-0.1, -0.05) is 19.3 Å². The normalized spacial score (nSPS) is 15.7. The first-order valence-corrected chi connectivity index (χ1v) is 9.11. The first-order valence-electron chi connectivity index (χ1n) is 9.11. The van der Waals surface area contributed by atoms with Gasteiger partial charge in [0.25, 0.3) is 0 Å². The largest absolute Gasteiger partial charge is 0.356 e. The molecule has 1 fully saturated rings. The van der Waals surface area contributed by atoms with Gasteiger partial charge in [0.2, 0.25) is 5.91 Å². The molecule has 5 nitrogen and oxygen atoms in total. The lowest BCUT2D eigenvalue weighted by Gasteiger charge is -2.35. The van der Waals surface area contributed by atoms with E-state index in [9.17, 15) is 9.18 Å². The Bertz CT molecular complexity index is 759. The minimum Gasteiger partial charge on any atom is -0.356 e. The third kappa shape index (κ3) is 5.56. The van der Waals surface area contributed by atoms with Crippen molar-refractivity contribution < 1.29 is 9.18 Å². The van der Waals surface area contributed by atoms with Gasteiger partial charge in [0.05, 0.1) is 11.0 Å². The van der Waals surface area contributed by atoms with E-state index in [-0.39, 0.29) is 42.0 Å². The lowest BCUT2D eigenvalue weighted by atomic mass is 9.71. The van der Waals surface area contributed by atoms with Crippen molar-refractivity contribution in [3.63, 3.8) is 0 Å². The van der Waals surface area contributed by atoms with Gasteiger partial charge in [0.1, 0.15) is 11.6 Å². The molecule has 1 heterocycles. The molecule has 0 saturated heterocycles. The second-order valence-electron chi connectivity index (χ2n) is 7.26. The van der Waals surface area contributed by atoms with Crippen LogP contribution in [0.4, 0.5) is 4.39 Å². The summed E-state index contributed by atoms with van der Waals surface area (Å²) in [6.45, 7) is 1.11. The van der Waals surface area contributed by atoms with Crippen LogP contribution in [-0.2, 0) is 18.3 Å². The number of nitrogens with zero attached hydrogens (tertiary/aromatic N) is 2. The second kappa shape index (κ2) is 10.2. The van der Waals surface area contributed by atoms with Crippen molar-refractivity contribution in [1.29, 1.82) is 0 Å². The number of aromatic nitrogens is 2. The van der Waals surface area contributed by atoms with E-state index in [2.05, 4.69) is 10.3 Å². The molecule has 1 amide bonds. The number of benzene rings is 1. The molecule has 0 bridgehead atoms. The van der Waals surface area contributed by atoms with E-state index in [0.717, 1.165) is 24.2 Å². The zero-order valence-electron chi connectivity index (χ0n) is 15.7. The predicted octanol–water partition coefficient (Wildman–Crippen LogP) is 3.51. The van der Waals surface area contributed by atoms with Crippen LogP contribution in [0.25, 0.3) is 11.0 Å². The van der Waals surface area contributed by atoms with Gasteiger partial charge in [0.15, 0.2) is 0 Å². The molecule has 8 heteroatoms. The molecule has 27 heavy (non-hydrogen) atoms. The fraction of sp³-hybridized carbons (Fsp3) is 0.579. The first kappa shape index (κ1) is 23.7. The van der Waals surface area contributed by atoms with Gasteiger partial charge in [-0.2, -0.15) is 0 Å². The van der Waals surface area contributed by atoms with E-state index in [4.69, 9.17) is 5.73 Å². The summed E-state index contributed by atoms with van der Waals surface area (Å²) in [6.07, 6.45) is 6.81. The molecule has 0 radical (unpaired) electrons. The average Bonchev–Trinajstić information content (AvgIpc) is 2.91. The van der Waals surface area contributed by atoms with Crippen molar-refractivity contribution in [2.24, 2.45) is 18.2 Å². The Morgan fingerprint density at radius 2 is 2.00 bits per heavy atom. The number of carbonyl (C=O) groups is 1. The van der Waals surface area contributed by atoms with E-state index in [1.807, 2.05) is 11.6 Å². The Balaban J connectivity index is 0.00000182. The standard InChI is InChI=1S/C19H27FN4O.2ClH/c1-24-16-6-5-14(20)11-15(16)23-17(24)7-10-22-18(25)12-19(13-21)8-3-2-4-9-19;;/h5-6,11H,2-4,7-10,12-13,21H2,1H3,(H,22,25);2*1H. The predicted molar refractivity (Wildman–Crippen MR) is 111 cm³/mol. The number of hydrogen-bond acceptors (Lipinski definition) is 3. The van der Waals surface area contributed by atoms with Crippen LogP contribution in [0.3, 0.4) is 0 Å². The number of carbonyl (C=O) groups excluding carboxylic acids is 1. The molecule has 1 aliphatic carbocycles. The third-order valence-corrected chi connectivity index (χ3v) is 5.49. The Labute approximate surface area is 172 Å². The van der Waals surface area contributed by atoms with Crippen LogP contribution in [0.2, 0.25) is 0 Å². The minimum absolute atomic E-state index is 0. The SMILES string of the molecule is Cl.Cl.Cn1c(CCNC(=O)CC2(CN)CCCCC2)nc2cc(F)ccc21. The van der Waals surface area contributed by atoms with Crippen molar-refractivity contribution in [3.05, 3.63) is 29.8 Å². The summed E-state index contributed by atoms with van der Waals surface area (Å²) in [5, 5.41) is 3.00. The fourth-order valence-electron chi connectivity index (χ4n) is 3.92. The zero-order valence-corrected chi connectivity index (χ0v) is 17.3. The summed E-state index contributed by atoms with van der Waals surface area (Å²) < 4.78 is 15.3. The van der Waals surface area contributed by atoms with Crippen LogP contribution in [0.15, 0.2) is 18.2 Å². The highest BCUT2D eigenvalue weighted by atomic mass is 35.5. The molecule has 1 aromatic carbocycles. The average molecular weight is 419 g/mol. The molecule has 152 valence electrons. The van der Waals surface area contributed by atoms with Gasteiger partial charge >= 0.3 is 0 Å². The van der Waals surface area contributed by atoms with Crippen LogP contribution in [0.5, 0.6) is 0 Å². The number of nitrogens with two attached hydrogens (primary N) is 1. The van der Waals surface area contributed by atoms with Crippen molar-refractivity contribution in [2.45, 2.75) is 44.9 Å². The number of halogens is 3. The fourth-order valence-corrected chi connectivity index (χ4v) is 3.92. The summed E-state index contributed by atoms with van der Waals surface area (Å²) in [6, 6.07) is 4.60. The summed E-state index contributed by atoms with van der Waals surface area (Å²) >= 11 is 0. The smallest absolute Gasteiger partial charge is 0.220 e. The van der Waals surface area contributed by atoms with Crippen LogP contribution >= 0.6 is 24.8 Å². The molecule has 1 aliphatic rings. The third-order valence-electron chi connectivity index (χ3n) is 5.49. The van der Waals surface area contributed by atoms with Crippen LogP contribution < -0.4 is 11.1 Å². The van der Waals surface area contributed by atoms with Gasteiger partial charge < -0.3 is 15.6 Å². The van der Waals surface area contributed by atoms with Gasteiger partial charge in [-0.25, -0.2) is 9.37 Å². The number of nitrogens with one attached hydrogen (secondary N) is 1.